The predicted octanol–water partition coefficient (Wildman–Crippen LogP) is 2.33. The van der Waals surface area contributed by atoms with Gasteiger partial charge in [-0.25, -0.2) is 4.79 Å². The number of nitrogens with zero attached hydrogens (tertiary/aromatic N) is 3. The van der Waals surface area contributed by atoms with Crippen LogP contribution in [0.25, 0.3) is 5.69 Å². The normalized spacial score (nSPS) is 21.0. The third kappa shape index (κ3) is 4.11. The second kappa shape index (κ2) is 7.92. The fraction of sp³-hybridized carbons (Fsp3) is 0.471. The summed E-state index contributed by atoms with van der Waals surface area (Å²) in [5, 5.41) is 23.5. The van der Waals surface area contributed by atoms with E-state index in [2.05, 4.69) is 20.8 Å². The Bertz CT molecular complexity index is 642. The average molecular weight is 329 g/mol. The molecule has 1 heterocycles. The van der Waals surface area contributed by atoms with Crippen LogP contribution in [0, 0.1) is 5.92 Å². The number of hydrogen-bond acceptors (Lipinski definition) is 4. The maximum Gasteiger partial charge on any atom is 0.319 e. The van der Waals surface area contributed by atoms with Gasteiger partial charge in [0.2, 0.25) is 0 Å². The summed E-state index contributed by atoms with van der Waals surface area (Å²) in [6.45, 7) is 0.122. The second-order valence-corrected chi connectivity index (χ2v) is 6.15. The summed E-state index contributed by atoms with van der Waals surface area (Å²) in [6.07, 6.45) is 8.49. The smallest absolute Gasteiger partial charge is 0.319 e. The Morgan fingerprint density at radius 1 is 1.12 bits per heavy atom. The molecule has 2 unspecified atom stereocenters. The van der Waals surface area contributed by atoms with Crippen molar-refractivity contribution >= 4 is 11.7 Å². The number of urea groups is 1. The number of carbonyl (C=O) groups is 1. The van der Waals surface area contributed by atoms with Crippen molar-refractivity contribution in [1.29, 1.82) is 0 Å². The largest absolute Gasteiger partial charge is 0.396 e. The van der Waals surface area contributed by atoms with Crippen molar-refractivity contribution in [2.75, 3.05) is 11.9 Å². The molecule has 3 rings (SSSR count). The van der Waals surface area contributed by atoms with E-state index in [4.69, 9.17) is 0 Å². The maximum atomic E-state index is 12.2. The van der Waals surface area contributed by atoms with E-state index in [0.717, 1.165) is 31.4 Å². The van der Waals surface area contributed by atoms with E-state index >= 15 is 0 Å². The van der Waals surface area contributed by atoms with Crippen LogP contribution in [0.2, 0.25) is 0 Å². The van der Waals surface area contributed by atoms with Crippen LogP contribution in [-0.4, -0.2) is 38.8 Å². The number of aliphatic hydroxyl groups excluding tert-OH is 1. The minimum absolute atomic E-state index is 0.0325. The van der Waals surface area contributed by atoms with E-state index in [9.17, 15) is 9.90 Å². The molecule has 0 aliphatic heterocycles. The van der Waals surface area contributed by atoms with Crippen molar-refractivity contribution in [2.45, 2.75) is 38.1 Å². The highest BCUT2D eigenvalue weighted by atomic mass is 16.3. The molecule has 0 spiro atoms. The van der Waals surface area contributed by atoms with Crippen molar-refractivity contribution in [3.8, 4) is 5.69 Å². The molecule has 2 atom stereocenters. The van der Waals surface area contributed by atoms with Gasteiger partial charge in [-0.1, -0.05) is 19.3 Å². The number of aromatic nitrogens is 3. The fourth-order valence-corrected chi connectivity index (χ4v) is 3.16. The standard InChI is InChI=1S/C17H23N5O2/c23-12-13-4-2-1-3-5-16(13)21-17(24)20-14-6-8-15(9-7-14)22-18-10-11-19-22/h6-11,13,16,23H,1-5,12H2,(H2,20,21,24). The molecule has 3 N–H and O–H groups in total. The van der Waals surface area contributed by atoms with Gasteiger partial charge in [0, 0.05) is 24.3 Å². The maximum absolute atomic E-state index is 12.2. The first-order chi connectivity index (χ1) is 11.8. The van der Waals surface area contributed by atoms with Gasteiger partial charge in [0.1, 0.15) is 0 Å². The first-order valence-corrected chi connectivity index (χ1v) is 8.41. The Morgan fingerprint density at radius 2 is 1.83 bits per heavy atom. The third-order valence-corrected chi connectivity index (χ3v) is 4.48. The van der Waals surface area contributed by atoms with Crippen LogP contribution in [0.15, 0.2) is 36.7 Å². The number of rotatable bonds is 4. The number of carbonyl (C=O) groups excluding carboxylic acids is 1. The Labute approximate surface area is 141 Å². The molecule has 0 saturated heterocycles. The molecule has 1 aromatic heterocycles. The van der Waals surface area contributed by atoms with Crippen LogP contribution in [0.5, 0.6) is 0 Å². The molecule has 1 aliphatic rings. The van der Waals surface area contributed by atoms with Gasteiger partial charge in [0.15, 0.2) is 0 Å². The van der Waals surface area contributed by atoms with Crippen molar-refractivity contribution in [3.05, 3.63) is 36.7 Å². The summed E-state index contributed by atoms with van der Waals surface area (Å²) in [5.74, 6) is 0.145. The number of benzene rings is 1. The van der Waals surface area contributed by atoms with E-state index in [1.165, 1.54) is 11.2 Å². The summed E-state index contributed by atoms with van der Waals surface area (Å²) in [6, 6.07) is 7.12. The molecule has 1 fully saturated rings. The van der Waals surface area contributed by atoms with E-state index in [1.54, 1.807) is 12.4 Å². The van der Waals surface area contributed by atoms with Crippen molar-refractivity contribution in [2.24, 2.45) is 5.92 Å². The molecule has 1 aliphatic carbocycles. The molecular weight excluding hydrogens is 306 g/mol. The van der Waals surface area contributed by atoms with Gasteiger partial charge in [0.25, 0.3) is 0 Å². The van der Waals surface area contributed by atoms with Crippen LogP contribution in [0.1, 0.15) is 32.1 Å². The van der Waals surface area contributed by atoms with Crippen LogP contribution in [0.4, 0.5) is 10.5 Å². The van der Waals surface area contributed by atoms with Gasteiger partial charge in [0.05, 0.1) is 18.1 Å². The summed E-state index contributed by atoms with van der Waals surface area (Å²) in [5.41, 5.74) is 1.53. The molecule has 0 bridgehead atoms. The number of hydrogen-bond donors (Lipinski definition) is 3. The Balaban J connectivity index is 1.58. The second-order valence-electron chi connectivity index (χ2n) is 6.15. The Kier molecular flexibility index (Phi) is 5.43. The first-order valence-electron chi connectivity index (χ1n) is 8.41. The Morgan fingerprint density at radius 3 is 2.54 bits per heavy atom. The first kappa shape index (κ1) is 16.4. The number of aliphatic hydroxyl groups is 1. The number of amides is 2. The van der Waals surface area contributed by atoms with Crippen molar-refractivity contribution in [1.82, 2.24) is 20.3 Å². The molecule has 2 aromatic rings. The molecule has 7 heteroatoms. The van der Waals surface area contributed by atoms with Gasteiger partial charge in [-0.3, -0.25) is 0 Å². The molecule has 24 heavy (non-hydrogen) atoms. The monoisotopic (exact) mass is 329 g/mol. The molecule has 0 radical (unpaired) electrons. The number of nitrogens with one attached hydrogen (secondary N) is 2. The minimum Gasteiger partial charge on any atom is -0.396 e. The zero-order valence-electron chi connectivity index (χ0n) is 13.6. The van der Waals surface area contributed by atoms with Crippen LogP contribution < -0.4 is 10.6 Å². The van der Waals surface area contributed by atoms with Crippen LogP contribution >= 0.6 is 0 Å². The third-order valence-electron chi connectivity index (χ3n) is 4.48. The zero-order chi connectivity index (χ0) is 16.8. The molecule has 7 nitrogen and oxygen atoms in total. The lowest BCUT2D eigenvalue weighted by molar-refractivity contribution is 0.182. The van der Waals surface area contributed by atoms with Crippen LogP contribution in [-0.2, 0) is 0 Å². The van der Waals surface area contributed by atoms with Gasteiger partial charge >= 0.3 is 6.03 Å². The zero-order valence-corrected chi connectivity index (χ0v) is 13.6. The minimum atomic E-state index is -0.231. The highest BCUT2D eigenvalue weighted by Crippen LogP contribution is 2.23. The summed E-state index contributed by atoms with van der Waals surface area (Å²) >= 11 is 0. The topological polar surface area (TPSA) is 92.1 Å². The summed E-state index contributed by atoms with van der Waals surface area (Å²) in [7, 11) is 0. The van der Waals surface area contributed by atoms with Gasteiger partial charge < -0.3 is 15.7 Å². The molecule has 1 aromatic carbocycles. The average Bonchev–Trinajstić information content (AvgIpc) is 3.03. The van der Waals surface area contributed by atoms with Gasteiger partial charge in [-0.05, 0) is 37.1 Å². The molecule has 128 valence electrons. The van der Waals surface area contributed by atoms with Crippen LogP contribution in [0.3, 0.4) is 0 Å². The fourth-order valence-electron chi connectivity index (χ4n) is 3.16. The van der Waals surface area contributed by atoms with E-state index in [0.29, 0.717) is 5.69 Å². The lowest BCUT2D eigenvalue weighted by Crippen LogP contribution is -2.43. The van der Waals surface area contributed by atoms with Gasteiger partial charge in [-0.2, -0.15) is 15.0 Å². The van der Waals surface area contributed by atoms with E-state index in [-0.39, 0.29) is 24.6 Å². The van der Waals surface area contributed by atoms with E-state index < -0.39 is 0 Å². The Hall–Kier alpha value is -2.41. The molecular formula is C17H23N5O2. The highest BCUT2D eigenvalue weighted by Gasteiger charge is 2.24. The van der Waals surface area contributed by atoms with Crippen molar-refractivity contribution in [3.63, 3.8) is 0 Å². The number of anilines is 1. The van der Waals surface area contributed by atoms with Gasteiger partial charge in [-0.15, -0.1) is 0 Å². The lowest BCUT2D eigenvalue weighted by atomic mass is 9.96. The predicted molar refractivity (Wildman–Crippen MR) is 91.0 cm³/mol. The molecule has 2 amide bonds. The summed E-state index contributed by atoms with van der Waals surface area (Å²) < 4.78 is 0. The summed E-state index contributed by atoms with van der Waals surface area (Å²) in [4.78, 5) is 13.7. The van der Waals surface area contributed by atoms with E-state index in [1.807, 2.05) is 24.3 Å². The van der Waals surface area contributed by atoms with Crippen molar-refractivity contribution < 1.29 is 9.90 Å². The lowest BCUT2D eigenvalue weighted by Gasteiger charge is -2.24. The highest BCUT2D eigenvalue weighted by molar-refractivity contribution is 5.89. The molecule has 1 saturated carbocycles. The SMILES string of the molecule is O=C(Nc1ccc(-n2nccn2)cc1)NC1CCCCCC1CO. The quantitative estimate of drug-likeness (QED) is 0.751.